The van der Waals surface area contributed by atoms with E-state index in [9.17, 15) is 10.2 Å². The van der Waals surface area contributed by atoms with Crippen LogP contribution in [0.3, 0.4) is 0 Å². The smallest absolute Gasteiger partial charge is 0.112 e. The van der Waals surface area contributed by atoms with Gasteiger partial charge in [0.25, 0.3) is 0 Å². The summed E-state index contributed by atoms with van der Waals surface area (Å²) in [7, 11) is 0. The van der Waals surface area contributed by atoms with E-state index in [2.05, 4.69) is 6.58 Å². The van der Waals surface area contributed by atoms with Crippen LogP contribution in [0.5, 0.6) is 0 Å². The topological polar surface area (TPSA) is 40.5 Å². The second-order valence-corrected chi connectivity index (χ2v) is 3.86. The summed E-state index contributed by atoms with van der Waals surface area (Å²) in [6, 6.07) is 7.48. The van der Waals surface area contributed by atoms with Gasteiger partial charge >= 0.3 is 0 Å². The SMILES string of the molecule is C=C[C@@](O)(CC)[C@H](O)c1ccc(C)cc1. The molecule has 0 saturated carbocycles. The first-order valence-corrected chi connectivity index (χ1v) is 5.14. The Hall–Kier alpha value is -1.12. The fourth-order valence-corrected chi connectivity index (χ4v) is 1.49. The maximum absolute atomic E-state index is 10.1. The lowest BCUT2D eigenvalue weighted by Gasteiger charge is -2.29. The van der Waals surface area contributed by atoms with Gasteiger partial charge in [0.15, 0.2) is 0 Å². The highest BCUT2D eigenvalue weighted by molar-refractivity contribution is 5.26. The predicted octanol–water partition coefficient (Wildman–Crippen LogP) is 2.36. The summed E-state index contributed by atoms with van der Waals surface area (Å²) in [5, 5.41) is 20.1. The largest absolute Gasteiger partial charge is 0.385 e. The average Bonchev–Trinajstić information content (AvgIpc) is 2.28. The molecule has 1 aromatic rings. The van der Waals surface area contributed by atoms with Crippen molar-refractivity contribution in [2.24, 2.45) is 0 Å². The van der Waals surface area contributed by atoms with Crippen LogP contribution in [0.1, 0.15) is 30.6 Å². The molecule has 0 radical (unpaired) electrons. The minimum atomic E-state index is -1.24. The molecule has 0 saturated heterocycles. The summed E-state index contributed by atoms with van der Waals surface area (Å²) in [4.78, 5) is 0. The Morgan fingerprint density at radius 2 is 1.93 bits per heavy atom. The summed E-state index contributed by atoms with van der Waals surface area (Å²) in [5.74, 6) is 0. The Kier molecular flexibility index (Phi) is 3.66. The monoisotopic (exact) mass is 206 g/mol. The Labute approximate surface area is 90.9 Å². The van der Waals surface area contributed by atoms with Gasteiger partial charge in [0, 0.05) is 0 Å². The number of benzene rings is 1. The van der Waals surface area contributed by atoms with Gasteiger partial charge in [-0.15, -0.1) is 6.58 Å². The second kappa shape index (κ2) is 4.60. The van der Waals surface area contributed by atoms with E-state index in [4.69, 9.17) is 0 Å². The van der Waals surface area contributed by atoms with Crippen molar-refractivity contribution < 1.29 is 10.2 Å². The van der Waals surface area contributed by atoms with Crippen LogP contribution < -0.4 is 0 Å². The van der Waals surface area contributed by atoms with Crippen LogP contribution >= 0.6 is 0 Å². The summed E-state index contributed by atoms with van der Waals surface area (Å²) in [6.45, 7) is 7.36. The van der Waals surface area contributed by atoms with Crippen LogP contribution in [-0.4, -0.2) is 15.8 Å². The molecule has 0 aliphatic heterocycles. The highest BCUT2D eigenvalue weighted by atomic mass is 16.3. The van der Waals surface area contributed by atoms with Crippen LogP contribution in [0.15, 0.2) is 36.9 Å². The molecule has 2 nitrogen and oxygen atoms in total. The second-order valence-electron chi connectivity index (χ2n) is 3.86. The minimum Gasteiger partial charge on any atom is -0.385 e. The van der Waals surface area contributed by atoms with E-state index in [0.717, 1.165) is 5.56 Å². The molecular formula is C13H18O2. The molecule has 0 spiro atoms. The van der Waals surface area contributed by atoms with E-state index in [-0.39, 0.29) is 0 Å². The first-order valence-electron chi connectivity index (χ1n) is 5.14. The van der Waals surface area contributed by atoms with Crippen LogP contribution in [0.25, 0.3) is 0 Å². The standard InChI is InChI=1S/C13H18O2/c1-4-13(15,5-2)12(14)11-8-6-10(3)7-9-11/h4,6-9,12,14-15H,1,5H2,2-3H3/t12-,13-/m1/s1. The van der Waals surface area contributed by atoms with Crippen molar-refractivity contribution in [2.45, 2.75) is 32.0 Å². The van der Waals surface area contributed by atoms with Gasteiger partial charge in [0.05, 0.1) is 0 Å². The molecule has 82 valence electrons. The van der Waals surface area contributed by atoms with Crippen molar-refractivity contribution in [2.75, 3.05) is 0 Å². The van der Waals surface area contributed by atoms with E-state index in [1.54, 1.807) is 0 Å². The quantitative estimate of drug-likeness (QED) is 0.742. The van der Waals surface area contributed by atoms with Gasteiger partial charge in [-0.05, 0) is 18.9 Å². The molecule has 0 amide bonds. The van der Waals surface area contributed by atoms with Gasteiger partial charge in [0.1, 0.15) is 11.7 Å². The van der Waals surface area contributed by atoms with Crippen molar-refractivity contribution in [3.63, 3.8) is 0 Å². The third-order valence-electron chi connectivity index (χ3n) is 2.79. The highest BCUT2D eigenvalue weighted by Crippen LogP contribution is 2.29. The van der Waals surface area contributed by atoms with Crippen molar-refractivity contribution in [3.8, 4) is 0 Å². The van der Waals surface area contributed by atoms with Crippen LogP contribution in [0.2, 0.25) is 0 Å². The molecule has 1 aromatic carbocycles. The predicted molar refractivity (Wildman–Crippen MR) is 61.6 cm³/mol. The zero-order valence-electron chi connectivity index (χ0n) is 9.27. The van der Waals surface area contributed by atoms with Crippen molar-refractivity contribution in [1.82, 2.24) is 0 Å². The van der Waals surface area contributed by atoms with Crippen molar-refractivity contribution in [1.29, 1.82) is 0 Å². The molecule has 0 fully saturated rings. The number of aliphatic hydroxyl groups is 2. The van der Waals surface area contributed by atoms with Crippen LogP contribution in [0, 0.1) is 6.92 Å². The molecule has 0 unspecified atom stereocenters. The third kappa shape index (κ3) is 2.46. The average molecular weight is 206 g/mol. The number of hydrogen-bond acceptors (Lipinski definition) is 2. The van der Waals surface area contributed by atoms with Gasteiger partial charge in [-0.2, -0.15) is 0 Å². The molecule has 0 aromatic heterocycles. The lowest BCUT2D eigenvalue weighted by atomic mass is 9.88. The lowest BCUT2D eigenvalue weighted by Crippen LogP contribution is -2.33. The normalized spacial score (nSPS) is 16.8. The zero-order chi connectivity index (χ0) is 11.5. The first-order chi connectivity index (χ1) is 7.03. The molecule has 15 heavy (non-hydrogen) atoms. The summed E-state index contributed by atoms with van der Waals surface area (Å²) in [6.07, 6.45) is 0.920. The van der Waals surface area contributed by atoms with Crippen LogP contribution in [0.4, 0.5) is 0 Å². The Morgan fingerprint density at radius 3 is 2.33 bits per heavy atom. The van der Waals surface area contributed by atoms with Gasteiger partial charge in [-0.3, -0.25) is 0 Å². The van der Waals surface area contributed by atoms with E-state index in [0.29, 0.717) is 12.0 Å². The molecule has 2 atom stereocenters. The molecule has 0 heterocycles. The maximum Gasteiger partial charge on any atom is 0.112 e. The number of aliphatic hydroxyl groups excluding tert-OH is 1. The van der Waals surface area contributed by atoms with Crippen LogP contribution in [-0.2, 0) is 0 Å². The number of hydrogen-bond donors (Lipinski definition) is 2. The molecule has 1 rings (SSSR count). The van der Waals surface area contributed by atoms with E-state index < -0.39 is 11.7 Å². The van der Waals surface area contributed by atoms with E-state index in [1.807, 2.05) is 38.1 Å². The fourth-order valence-electron chi connectivity index (χ4n) is 1.49. The van der Waals surface area contributed by atoms with Gasteiger partial charge in [-0.25, -0.2) is 0 Å². The number of aryl methyl sites for hydroxylation is 1. The first kappa shape index (κ1) is 12.0. The molecule has 0 aliphatic rings. The summed E-state index contributed by atoms with van der Waals surface area (Å²) >= 11 is 0. The van der Waals surface area contributed by atoms with E-state index >= 15 is 0 Å². The highest BCUT2D eigenvalue weighted by Gasteiger charge is 2.31. The van der Waals surface area contributed by atoms with E-state index in [1.165, 1.54) is 6.08 Å². The lowest BCUT2D eigenvalue weighted by molar-refractivity contribution is -0.0433. The van der Waals surface area contributed by atoms with Crippen molar-refractivity contribution >= 4 is 0 Å². The molecule has 2 N–H and O–H groups in total. The molecule has 0 aliphatic carbocycles. The Morgan fingerprint density at radius 1 is 1.40 bits per heavy atom. The fraction of sp³-hybridized carbons (Fsp3) is 0.385. The Balaban J connectivity index is 2.97. The third-order valence-corrected chi connectivity index (χ3v) is 2.79. The molecular weight excluding hydrogens is 188 g/mol. The van der Waals surface area contributed by atoms with Gasteiger partial charge in [0.2, 0.25) is 0 Å². The summed E-state index contributed by atoms with van der Waals surface area (Å²) in [5.41, 5.74) is 0.601. The van der Waals surface area contributed by atoms with Crippen molar-refractivity contribution in [3.05, 3.63) is 48.0 Å². The molecule has 0 bridgehead atoms. The van der Waals surface area contributed by atoms with Gasteiger partial charge < -0.3 is 10.2 Å². The zero-order valence-corrected chi connectivity index (χ0v) is 9.27. The Bertz CT molecular complexity index is 329. The van der Waals surface area contributed by atoms with Gasteiger partial charge in [-0.1, -0.05) is 42.8 Å². The summed E-state index contributed by atoms with van der Waals surface area (Å²) < 4.78 is 0. The molecule has 2 heteroatoms. The maximum atomic E-state index is 10.1. The minimum absolute atomic E-state index is 0.436. The number of rotatable bonds is 4.